The van der Waals surface area contributed by atoms with Crippen LogP contribution in [0.15, 0.2) is 23.1 Å². The van der Waals surface area contributed by atoms with Crippen LogP contribution in [0, 0.1) is 6.92 Å². The summed E-state index contributed by atoms with van der Waals surface area (Å²) in [5, 5.41) is 18.2. The monoisotopic (exact) mass is 432 g/mol. The highest BCUT2D eigenvalue weighted by atomic mass is 35.5. The highest BCUT2D eigenvalue weighted by Gasteiger charge is 2.27. The van der Waals surface area contributed by atoms with E-state index in [1.165, 1.54) is 11.0 Å². The summed E-state index contributed by atoms with van der Waals surface area (Å²) in [6.45, 7) is 2.58. The number of morpholine rings is 1. The van der Waals surface area contributed by atoms with Gasteiger partial charge in [-0.25, -0.2) is 8.42 Å². The Morgan fingerprint density at radius 3 is 3.00 bits per heavy atom. The number of aromatic nitrogens is 2. The molecule has 1 saturated heterocycles. The molecule has 27 heavy (non-hydrogen) atoms. The molecule has 2 heterocycles. The molecule has 1 aliphatic heterocycles. The second kappa shape index (κ2) is 8.07. The average Bonchev–Trinajstić information content (AvgIpc) is 3.05. The molecule has 1 unspecified atom stereocenters. The first-order valence-corrected chi connectivity index (χ1v) is 10.6. The van der Waals surface area contributed by atoms with Gasteiger partial charge in [0.2, 0.25) is 11.4 Å². The molecule has 0 radical (unpaired) electrons. The third kappa shape index (κ3) is 4.55. The topological polar surface area (TPSA) is 122 Å². The Hall–Kier alpha value is -1.79. The number of aliphatic hydroxyl groups is 1. The molecule has 1 aromatic carbocycles. The van der Waals surface area contributed by atoms with Gasteiger partial charge < -0.3 is 14.7 Å². The van der Waals surface area contributed by atoms with Gasteiger partial charge in [0.15, 0.2) is 0 Å². The number of nitrogens with one attached hydrogen (secondary N) is 1. The van der Waals surface area contributed by atoms with Gasteiger partial charge in [-0.15, -0.1) is 10.2 Å². The van der Waals surface area contributed by atoms with Crippen molar-refractivity contribution < 1.29 is 23.1 Å². The van der Waals surface area contributed by atoms with Gasteiger partial charge in [-0.3, -0.25) is 9.52 Å². The summed E-state index contributed by atoms with van der Waals surface area (Å²) >= 11 is 7.07. The standard InChI is InChI=1S/C15H17ClN4O5S2/c1-9-10(16)3-2-4-11(9)27(23,24)19-15-18-17-12(26-15)5-6-20-7-8-25-14(22)13(20)21/h2-4,14,22H,5-8H2,1H3,(H,18,19). The number of hydrogen-bond acceptors (Lipinski definition) is 8. The van der Waals surface area contributed by atoms with Crippen LogP contribution < -0.4 is 4.72 Å². The predicted octanol–water partition coefficient (Wildman–Crippen LogP) is 1.02. The van der Waals surface area contributed by atoms with E-state index < -0.39 is 22.2 Å². The maximum Gasteiger partial charge on any atom is 0.279 e. The lowest BCUT2D eigenvalue weighted by Crippen LogP contribution is -2.48. The minimum atomic E-state index is -3.85. The molecule has 9 nitrogen and oxygen atoms in total. The molecule has 0 aliphatic carbocycles. The number of hydrogen-bond donors (Lipinski definition) is 2. The highest BCUT2D eigenvalue weighted by Crippen LogP contribution is 2.26. The molecule has 3 rings (SSSR count). The van der Waals surface area contributed by atoms with Crippen molar-refractivity contribution in [3.63, 3.8) is 0 Å². The van der Waals surface area contributed by atoms with Crippen LogP contribution in [-0.4, -0.2) is 60.5 Å². The van der Waals surface area contributed by atoms with E-state index in [4.69, 9.17) is 16.3 Å². The minimum absolute atomic E-state index is 0.0691. The summed E-state index contributed by atoms with van der Waals surface area (Å²) in [5.41, 5.74) is 0.445. The van der Waals surface area contributed by atoms with Crippen molar-refractivity contribution in [1.29, 1.82) is 0 Å². The summed E-state index contributed by atoms with van der Waals surface area (Å²) < 4.78 is 32.3. The van der Waals surface area contributed by atoms with Crippen LogP contribution in [0.2, 0.25) is 5.02 Å². The van der Waals surface area contributed by atoms with Crippen LogP contribution in [0.1, 0.15) is 10.6 Å². The molecule has 1 atom stereocenters. The number of anilines is 1. The van der Waals surface area contributed by atoms with Gasteiger partial charge in [0.05, 0.1) is 11.5 Å². The van der Waals surface area contributed by atoms with Crippen LogP contribution >= 0.6 is 22.9 Å². The summed E-state index contributed by atoms with van der Waals surface area (Å²) in [4.78, 5) is 13.3. The largest absolute Gasteiger partial charge is 0.361 e. The van der Waals surface area contributed by atoms with E-state index in [1.807, 2.05) is 0 Å². The average molecular weight is 433 g/mol. The number of sulfonamides is 1. The van der Waals surface area contributed by atoms with Crippen LogP contribution in [0.25, 0.3) is 0 Å². The quantitative estimate of drug-likeness (QED) is 0.698. The number of carbonyl (C=O) groups excluding carboxylic acids is 1. The maximum atomic E-state index is 12.5. The number of ether oxygens (including phenoxy) is 1. The summed E-state index contributed by atoms with van der Waals surface area (Å²) in [7, 11) is -3.85. The number of aliphatic hydroxyl groups excluding tert-OH is 1. The lowest BCUT2D eigenvalue weighted by atomic mass is 10.2. The second-order valence-electron chi connectivity index (χ2n) is 5.77. The SMILES string of the molecule is Cc1c(Cl)cccc1S(=O)(=O)Nc1nnc(CCN2CCOC(O)C2=O)s1. The van der Waals surface area contributed by atoms with E-state index >= 15 is 0 Å². The van der Waals surface area contributed by atoms with Crippen molar-refractivity contribution in [2.45, 2.75) is 24.5 Å². The summed E-state index contributed by atoms with van der Waals surface area (Å²) in [6.07, 6.45) is -1.05. The first-order chi connectivity index (χ1) is 12.8. The zero-order valence-electron chi connectivity index (χ0n) is 14.3. The molecule has 2 N–H and O–H groups in total. The highest BCUT2D eigenvalue weighted by molar-refractivity contribution is 7.93. The van der Waals surface area contributed by atoms with Gasteiger partial charge in [-0.2, -0.15) is 0 Å². The number of benzene rings is 1. The number of amides is 1. The Bertz CT molecular complexity index is 949. The Kier molecular flexibility index (Phi) is 5.96. The van der Waals surface area contributed by atoms with Crippen molar-refractivity contribution in [3.8, 4) is 0 Å². The molecule has 1 aliphatic rings. The first kappa shape index (κ1) is 20.0. The van der Waals surface area contributed by atoms with Gasteiger partial charge in [0.1, 0.15) is 5.01 Å². The molecule has 2 aromatic rings. The fraction of sp³-hybridized carbons (Fsp3) is 0.400. The maximum absolute atomic E-state index is 12.5. The van der Waals surface area contributed by atoms with E-state index in [-0.39, 0.29) is 16.6 Å². The lowest BCUT2D eigenvalue weighted by molar-refractivity contribution is -0.183. The molecular formula is C15H17ClN4O5S2. The zero-order valence-corrected chi connectivity index (χ0v) is 16.6. The molecule has 1 amide bonds. The van der Waals surface area contributed by atoms with Crippen molar-refractivity contribution in [2.75, 3.05) is 24.4 Å². The fourth-order valence-corrected chi connectivity index (χ4v) is 4.97. The smallest absolute Gasteiger partial charge is 0.279 e. The van der Waals surface area contributed by atoms with Crippen LogP contribution in [0.5, 0.6) is 0 Å². The van der Waals surface area contributed by atoms with Crippen molar-refractivity contribution in [3.05, 3.63) is 33.8 Å². The van der Waals surface area contributed by atoms with Gasteiger partial charge in [0, 0.05) is 24.5 Å². The van der Waals surface area contributed by atoms with E-state index in [9.17, 15) is 18.3 Å². The molecule has 146 valence electrons. The van der Waals surface area contributed by atoms with Crippen molar-refractivity contribution >= 4 is 44.0 Å². The molecule has 0 spiro atoms. The Morgan fingerprint density at radius 1 is 1.44 bits per heavy atom. The fourth-order valence-electron chi connectivity index (χ4n) is 2.51. The number of rotatable bonds is 6. The van der Waals surface area contributed by atoms with Crippen molar-refractivity contribution in [2.24, 2.45) is 0 Å². The first-order valence-electron chi connectivity index (χ1n) is 7.97. The molecule has 1 aromatic heterocycles. The van der Waals surface area contributed by atoms with Crippen LogP contribution in [0.3, 0.4) is 0 Å². The summed E-state index contributed by atoms with van der Waals surface area (Å²) in [6, 6.07) is 4.63. The molecule has 0 bridgehead atoms. The van der Waals surface area contributed by atoms with E-state index in [2.05, 4.69) is 14.9 Å². The Morgan fingerprint density at radius 2 is 2.22 bits per heavy atom. The zero-order chi connectivity index (χ0) is 19.6. The normalized spacial score (nSPS) is 18.0. The predicted molar refractivity (Wildman–Crippen MR) is 99.1 cm³/mol. The van der Waals surface area contributed by atoms with E-state index in [0.29, 0.717) is 35.1 Å². The lowest BCUT2D eigenvalue weighted by Gasteiger charge is -2.29. The van der Waals surface area contributed by atoms with Gasteiger partial charge in [-0.1, -0.05) is 29.0 Å². The number of carbonyl (C=O) groups is 1. The molecule has 0 saturated carbocycles. The Labute approximate surface area is 165 Å². The number of nitrogens with zero attached hydrogens (tertiary/aromatic N) is 3. The second-order valence-corrected chi connectivity index (χ2v) is 8.89. The minimum Gasteiger partial charge on any atom is -0.361 e. The molecule has 12 heteroatoms. The van der Waals surface area contributed by atoms with Gasteiger partial charge in [-0.05, 0) is 24.6 Å². The van der Waals surface area contributed by atoms with Crippen LogP contribution in [0.4, 0.5) is 5.13 Å². The van der Waals surface area contributed by atoms with E-state index in [0.717, 1.165) is 11.3 Å². The van der Waals surface area contributed by atoms with E-state index in [1.54, 1.807) is 19.1 Å². The molecular weight excluding hydrogens is 416 g/mol. The van der Waals surface area contributed by atoms with Gasteiger partial charge in [0.25, 0.3) is 15.9 Å². The van der Waals surface area contributed by atoms with Crippen LogP contribution in [-0.2, 0) is 26.0 Å². The summed E-state index contributed by atoms with van der Waals surface area (Å²) in [5.74, 6) is -0.497. The molecule has 1 fully saturated rings. The van der Waals surface area contributed by atoms with Gasteiger partial charge >= 0.3 is 0 Å². The Balaban J connectivity index is 1.65. The third-order valence-corrected chi connectivity index (χ3v) is 6.87. The van der Waals surface area contributed by atoms with Crippen molar-refractivity contribution in [1.82, 2.24) is 15.1 Å². The number of halogens is 1. The third-order valence-electron chi connectivity index (χ3n) is 3.95.